The van der Waals surface area contributed by atoms with Crippen LogP contribution in [0, 0.1) is 143 Å². The number of aliphatic hydroxyl groups is 2. The predicted octanol–water partition coefficient (Wildman–Crippen LogP) is 3.23. The van der Waals surface area contributed by atoms with E-state index in [9.17, 15) is 34.8 Å². The highest BCUT2D eigenvalue weighted by atomic mass is 35.5. The van der Waals surface area contributed by atoms with Crippen molar-refractivity contribution in [2.24, 2.45) is 5.73 Å². The number of ether oxygens (including phenoxy) is 2. The Kier molecular flexibility index (Phi) is 26.6. The third kappa shape index (κ3) is 18.5. The predicted molar refractivity (Wildman–Crippen MR) is 264 cm³/mol. The quantitative estimate of drug-likeness (QED) is 0.0476. The van der Waals surface area contributed by atoms with Gasteiger partial charge in [-0.2, -0.15) is 0 Å². The van der Waals surface area contributed by atoms with Crippen LogP contribution in [-0.4, -0.2) is 78.9 Å². The van der Waals surface area contributed by atoms with Crippen LogP contribution in [0.2, 0.25) is 0 Å². The maximum absolute atomic E-state index is 13.3. The highest BCUT2D eigenvalue weighted by Gasteiger charge is 2.48. The van der Waals surface area contributed by atoms with Crippen molar-refractivity contribution < 1.29 is 104 Å². The van der Waals surface area contributed by atoms with Gasteiger partial charge in [-0.25, -0.2) is 10.5 Å². The Morgan fingerprint density at radius 3 is 1.62 bits per heavy atom. The van der Waals surface area contributed by atoms with Crippen molar-refractivity contribution in [2.45, 2.75) is 63.3 Å². The topological polar surface area (TPSA) is 294 Å². The van der Waals surface area contributed by atoms with Crippen LogP contribution >= 0.6 is 12.4 Å². The lowest BCUT2D eigenvalue weighted by Gasteiger charge is -2.41. The zero-order chi connectivity index (χ0) is 51.2. The number of phenols is 2. The first-order valence-electron chi connectivity index (χ1n) is 19.1. The van der Waals surface area contributed by atoms with E-state index in [2.05, 4.69) is 171 Å². The molecule has 0 unspecified atom stereocenters. The Hall–Kier alpha value is -8.54. The summed E-state index contributed by atoms with van der Waals surface area (Å²) >= 11 is 0. The van der Waals surface area contributed by atoms with E-state index < -0.39 is 59.0 Å². The van der Waals surface area contributed by atoms with Crippen molar-refractivity contribution in [1.29, 1.82) is 0 Å². The van der Waals surface area contributed by atoms with E-state index in [0.29, 0.717) is 0 Å². The number of carbonyl (C=O) groups is 3. The van der Waals surface area contributed by atoms with Crippen molar-refractivity contribution in [1.82, 2.24) is 5.64 Å². The molecule has 71 heavy (non-hydrogen) atoms. The number of phenolic OH excluding ortho intramolecular Hbond substituents is 2. The number of nitrogens with two attached hydrogens (primary N) is 1. The molecule has 0 amide bonds. The zero-order valence-electron chi connectivity index (χ0n) is 36.6. The Bertz CT molecular complexity index is 3140. The number of carbonyl (C=O) groups excluding carboxylic acids is 3. The molecule has 0 bridgehead atoms. The largest absolute Gasteiger partial charge is 0.507 e. The van der Waals surface area contributed by atoms with Crippen molar-refractivity contribution in [3.63, 3.8) is 0 Å². The second kappa shape index (κ2) is 32.3. The van der Waals surface area contributed by atoms with Gasteiger partial charge < -0.3 is 35.6 Å². The SMILES string of the molecule is C#CC#CC#CC#CC#CC#CC#CC#CC#CC#CC#CC#CC.CC(=O)[C@]1(N)Cc2c(O)c3c(c(O)c2[C@@H](O[C@H]2C[C@H](O)[C@H](O)CO2)C1)C(=O)c1ccccc1C3=O.Cl.OOOONOOOOO.[HH].[HH].[HH].[HH].[HH].[HH].[HH].[HH].[HH].[HH]. The second-order valence-electron chi connectivity index (χ2n) is 13.0. The summed E-state index contributed by atoms with van der Waals surface area (Å²) in [7, 11) is 0. The van der Waals surface area contributed by atoms with E-state index in [-0.39, 0.29) is 85.9 Å². The maximum Gasteiger partial charge on any atom is 0.198 e. The van der Waals surface area contributed by atoms with Gasteiger partial charge >= 0.3 is 0 Å². The molecule has 5 rings (SSSR count). The first-order chi connectivity index (χ1) is 33.9. The lowest BCUT2D eigenvalue weighted by atomic mass is 9.71. The third-order valence-electron chi connectivity index (χ3n) is 8.84. The molecule has 20 nitrogen and oxygen atoms in total. The number of hydrogen-bond donors (Lipinski definition) is 8. The molecule has 378 valence electrons. The number of hydrogen-bond acceptors (Lipinski definition) is 20. The fourth-order valence-corrected chi connectivity index (χ4v) is 5.91. The van der Waals surface area contributed by atoms with Crippen LogP contribution in [0.25, 0.3) is 0 Å². The number of halogens is 1. The summed E-state index contributed by atoms with van der Waals surface area (Å²) in [6.45, 7) is 2.79. The van der Waals surface area contributed by atoms with Crippen LogP contribution in [0.15, 0.2) is 24.3 Å². The molecule has 3 aliphatic rings. The number of nitrogens with one attached hydrogen (secondary N) is 1. The molecular weight excluding hydrogens is 952 g/mol. The minimum absolute atomic E-state index is 0. The van der Waals surface area contributed by atoms with Crippen LogP contribution in [0.4, 0.5) is 0 Å². The van der Waals surface area contributed by atoms with Gasteiger partial charge in [0.15, 0.2) is 17.9 Å². The van der Waals surface area contributed by atoms with Crippen molar-refractivity contribution in [2.75, 3.05) is 6.61 Å². The lowest BCUT2D eigenvalue weighted by Crippen LogP contribution is -2.53. The highest BCUT2D eigenvalue weighted by Crippen LogP contribution is 2.51. The molecular formula is C50H53ClN2O18. The molecule has 21 heteroatoms. The van der Waals surface area contributed by atoms with Gasteiger partial charge in [0.05, 0.1) is 35.5 Å². The molecule has 1 heterocycles. The standard InChI is InChI=1S/C25H25NO9.C25H4.ClH.H3NO9.10H2/c1-10(27)25(26)7-13-18(16(8-25)35-17-6-14(28)15(29)9-34-17)24(33)20-19(23(13)32)21(30)11-4-2-3-5-12(11)22(20)31;1-3-5-7-9-11-13-15-17-19-21-23-25-24-22-20-18-16-14-12-10-8-6-4-2;;2-6-8-4-1-5-9-10-7-3;;;;;;;;;;/h2-5,14-17,28-29,32-33H,6-9,26H2,1H3;1H,2H3;1H;1-3H;10*1H/t14-,15+,16-,17-,25-;;;;;;;;;;;;;/m0............./s1. The van der Waals surface area contributed by atoms with Gasteiger partial charge in [-0.3, -0.25) is 14.4 Å². The van der Waals surface area contributed by atoms with E-state index >= 15 is 0 Å². The minimum atomic E-state index is -1.50. The highest BCUT2D eigenvalue weighted by molar-refractivity contribution is 6.30. The fourth-order valence-electron chi connectivity index (χ4n) is 5.91. The fraction of sp³-hybridized carbons (Fsp3) is 0.220. The van der Waals surface area contributed by atoms with Gasteiger partial charge in [0.25, 0.3) is 0 Å². The first-order valence-corrected chi connectivity index (χ1v) is 19.1. The molecule has 0 spiro atoms. The zero-order valence-corrected chi connectivity index (χ0v) is 37.4. The first kappa shape index (κ1) is 58.6. The van der Waals surface area contributed by atoms with Crippen LogP contribution in [0.1, 0.15) is 90.0 Å². The van der Waals surface area contributed by atoms with Gasteiger partial charge in [-0.1, -0.05) is 40.2 Å². The number of ketones is 3. The molecule has 1 saturated heterocycles. The Morgan fingerprint density at radius 1 is 0.732 bits per heavy atom. The summed E-state index contributed by atoms with van der Waals surface area (Å²) in [5.41, 5.74) is 5.84. The smallest absolute Gasteiger partial charge is 0.198 e. The molecule has 2 aromatic rings. The number of benzene rings is 2. The Morgan fingerprint density at radius 2 is 1.18 bits per heavy atom. The molecule has 2 aromatic carbocycles. The second-order valence-corrected chi connectivity index (χ2v) is 13.0. The third-order valence-corrected chi connectivity index (χ3v) is 8.84. The van der Waals surface area contributed by atoms with Crippen molar-refractivity contribution >= 4 is 29.8 Å². The lowest BCUT2D eigenvalue weighted by molar-refractivity contribution is -0.741. The van der Waals surface area contributed by atoms with E-state index in [0.717, 1.165) is 0 Å². The van der Waals surface area contributed by atoms with E-state index in [1.807, 2.05) is 0 Å². The van der Waals surface area contributed by atoms with Crippen LogP contribution in [0.5, 0.6) is 11.5 Å². The number of terminal acetylenes is 1. The van der Waals surface area contributed by atoms with Gasteiger partial charge in [0.1, 0.15) is 23.4 Å². The van der Waals surface area contributed by atoms with Crippen molar-refractivity contribution in [3.05, 3.63) is 57.6 Å². The van der Waals surface area contributed by atoms with Gasteiger partial charge in [-0.15, -0.1) is 18.8 Å². The molecule has 0 radical (unpaired) electrons. The van der Waals surface area contributed by atoms with Crippen molar-refractivity contribution in [3.8, 4) is 154 Å². The molecule has 5 atom stereocenters. The Labute approximate surface area is 426 Å². The molecule has 1 aliphatic heterocycles. The van der Waals surface area contributed by atoms with Gasteiger partial charge in [0, 0.05) is 91.3 Å². The monoisotopic (exact) mass is 1000 g/mol. The summed E-state index contributed by atoms with van der Waals surface area (Å²) in [5.74, 6) is 54.2. The molecule has 0 aromatic heterocycles. The summed E-state index contributed by atoms with van der Waals surface area (Å²) in [6.07, 6.45) is 0.173. The molecule has 9 N–H and O–H groups in total. The van der Waals surface area contributed by atoms with Gasteiger partial charge in [-0.05, 0) is 139 Å². The number of aliphatic hydroxyl groups excluding tert-OH is 2. The summed E-state index contributed by atoms with van der Waals surface area (Å²) in [6, 6.07) is 6.10. The number of aromatic hydroxyl groups is 2. The maximum atomic E-state index is 13.3. The van der Waals surface area contributed by atoms with Gasteiger partial charge in [0.2, 0.25) is 0 Å². The normalized spacial score (nSPS) is 17.5. The van der Waals surface area contributed by atoms with Crippen LogP contribution in [-0.2, 0) is 55.9 Å². The van der Waals surface area contributed by atoms with E-state index in [1.165, 1.54) is 24.7 Å². The average Bonchev–Trinajstić information content (AvgIpc) is 3.35. The summed E-state index contributed by atoms with van der Waals surface area (Å²) in [5, 5.41) is 72.8. The van der Waals surface area contributed by atoms with Crippen LogP contribution in [0.3, 0.4) is 0 Å². The summed E-state index contributed by atoms with van der Waals surface area (Å²) in [4.78, 5) is 46.1. The van der Waals surface area contributed by atoms with Crippen LogP contribution < -0.4 is 11.4 Å². The summed E-state index contributed by atoms with van der Waals surface area (Å²) < 4.78 is 11.4. The number of Topliss-reactive ketones (excluding diaryl/α,β-unsaturated/α-hetero) is 1. The average molecular weight is 1010 g/mol. The minimum Gasteiger partial charge on any atom is -0.507 e. The van der Waals surface area contributed by atoms with E-state index in [1.54, 1.807) is 19.1 Å². The molecule has 0 saturated carbocycles. The number of rotatable bonds is 10. The molecule has 1 fully saturated rings. The number of fused-ring (bicyclic) bond motifs is 3. The van der Waals surface area contributed by atoms with E-state index in [4.69, 9.17) is 32.1 Å². The molecule has 2 aliphatic carbocycles. The Balaban J connectivity index is -0.000000144.